The molecule has 0 saturated heterocycles. The lowest BCUT2D eigenvalue weighted by Gasteiger charge is -2.05. The zero-order chi connectivity index (χ0) is 14.3. The van der Waals surface area contributed by atoms with Gasteiger partial charge >= 0.3 is 5.97 Å². The largest absolute Gasteiger partial charge is 0.478 e. The Bertz CT molecular complexity index is 897. The molecule has 1 N–H and O–H groups in total. The zero-order valence-electron chi connectivity index (χ0n) is 10.8. The first kappa shape index (κ1) is 12.3. The molecule has 3 rings (SSSR count). The fourth-order valence-corrected chi connectivity index (χ4v) is 2.19. The van der Waals surface area contributed by atoms with E-state index < -0.39 is 5.97 Å². The summed E-state index contributed by atoms with van der Waals surface area (Å²) in [4.78, 5) is 27.8. The van der Waals surface area contributed by atoms with Crippen LogP contribution >= 0.6 is 0 Å². The SMILES string of the molecule is CCc1ccc2nc3ccc(C(=O)O)cc3c(=O)n2c1. The molecule has 0 aliphatic heterocycles. The fourth-order valence-electron chi connectivity index (χ4n) is 2.19. The summed E-state index contributed by atoms with van der Waals surface area (Å²) in [5, 5.41) is 9.32. The van der Waals surface area contributed by atoms with Gasteiger partial charge in [0.15, 0.2) is 0 Å². The van der Waals surface area contributed by atoms with Crippen molar-refractivity contribution in [1.29, 1.82) is 0 Å². The summed E-state index contributed by atoms with van der Waals surface area (Å²) in [5.41, 5.74) is 1.92. The van der Waals surface area contributed by atoms with Gasteiger partial charge in [-0.2, -0.15) is 0 Å². The Morgan fingerprint density at radius 1 is 1.30 bits per heavy atom. The van der Waals surface area contributed by atoms with Crippen molar-refractivity contribution in [2.24, 2.45) is 0 Å². The minimum absolute atomic E-state index is 0.0861. The molecule has 0 saturated carbocycles. The van der Waals surface area contributed by atoms with Crippen LogP contribution in [0.5, 0.6) is 0 Å². The van der Waals surface area contributed by atoms with Crippen molar-refractivity contribution in [3.05, 3.63) is 58.0 Å². The first-order valence-electron chi connectivity index (χ1n) is 6.28. The van der Waals surface area contributed by atoms with Crippen LogP contribution < -0.4 is 5.56 Å². The predicted molar refractivity (Wildman–Crippen MR) is 75.3 cm³/mol. The number of nitrogens with zero attached hydrogens (tertiary/aromatic N) is 2. The molecule has 5 nitrogen and oxygen atoms in total. The van der Waals surface area contributed by atoms with Crippen LogP contribution in [0, 0.1) is 0 Å². The number of aromatic carboxylic acids is 1. The standard InChI is InChI=1S/C15H12N2O3/c1-2-9-3-6-13-16-12-5-4-10(15(19)20)7-11(12)14(18)17(13)8-9/h3-8H,2H2,1H3,(H,19,20). The van der Waals surface area contributed by atoms with E-state index in [1.54, 1.807) is 18.3 Å². The number of hydrogen-bond acceptors (Lipinski definition) is 3. The number of fused-ring (bicyclic) bond motifs is 2. The highest BCUT2D eigenvalue weighted by Gasteiger charge is 2.09. The number of hydrogen-bond donors (Lipinski definition) is 1. The van der Waals surface area contributed by atoms with E-state index in [4.69, 9.17) is 5.11 Å². The highest BCUT2D eigenvalue weighted by Crippen LogP contribution is 2.13. The first-order chi connectivity index (χ1) is 9.60. The Balaban J connectivity index is 2.42. The molecule has 0 amide bonds. The monoisotopic (exact) mass is 268 g/mol. The number of carboxylic acids is 1. The lowest BCUT2D eigenvalue weighted by atomic mass is 10.1. The van der Waals surface area contributed by atoms with Crippen LogP contribution in [0.15, 0.2) is 41.3 Å². The van der Waals surface area contributed by atoms with Gasteiger partial charge in [-0.05, 0) is 36.2 Å². The van der Waals surface area contributed by atoms with Crippen LogP contribution in [0.2, 0.25) is 0 Å². The molecule has 0 aliphatic rings. The van der Waals surface area contributed by atoms with Gasteiger partial charge in [-0.1, -0.05) is 13.0 Å². The van der Waals surface area contributed by atoms with Crippen LogP contribution in [-0.2, 0) is 6.42 Å². The Morgan fingerprint density at radius 3 is 2.80 bits per heavy atom. The average Bonchev–Trinajstić information content (AvgIpc) is 2.47. The van der Waals surface area contributed by atoms with E-state index in [0.717, 1.165) is 12.0 Å². The summed E-state index contributed by atoms with van der Waals surface area (Å²) in [7, 11) is 0. The molecular weight excluding hydrogens is 256 g/mol. The van der Waals surface area contributed by atoms with Gasteiger partial charge in [0.05, 0.1) is 16.5 Å². The molecule has 0 fully saturated rings. The van der Waals surface area contributed by atoms with Crippen LogP contribution in [0.1, 0.15) is 22.8 Å². The number of aromatic nitrogens is 2. The van der Waals surface area contributed by atoms with Crippen molar-refractivity contribution in [2.45, 2.75) is 13.3 Å². The Morgan fingerprint density at radius 2 is 2.10 bits per heavy atom. The second kappa shape index (κ2) is 4.45. The van der Waals surface area contributed by atoms with Crippen LogP contribution in [0.3, 0.4) is 0 Å². The zero-order valence-corrected chi connectivity index (χ0v) is 10.8. The summed E-state index contributed by atoms with van der Waals surface area (Å²) in [5.74, 6) is -1.06. The number of benzene rings is 1. The normalized spacial score (nSPS) is 11.1. The highest BCUT2D eigenvalue weighted by molar-refractivity contribution is 5.93. The van der Waals surface area contributed by atoms with Gasteiger partial charge in [-0.25, -0.2) is 9.78 Å². The third-order valence-electron chi connectivity index (χ3n) is 3.32. The highest BCUT2D eigenvalue weighted by atomic mass is 16.4. The Kier molecular flexibility index (Phi) is 2.75. The molecule has 2 heterocycles. The summed E-state index contributed by atoms with van der Waals surface area (Å²) >= 11 is 0. The van der Waals surface area contributed by atoms with Crippen molar-refractivity contribution in [3.63, 3.8) is 0 Å². The number of carboxylic acid groups (broad SMARTS) is 1. The van der Waals surface area contributed by atoms with Crippen LogP contribution in [0.25, 0.3) is 16.6 Å². The smallest absolute Gasteiger partial charge is 0.335 e. The van der Waals surface area contributed by atoms with Gasteiger partial charge < -0.3 is 5.11 Å². The van der Waals surface area contributed by atoms with Crippen molar-refractivity contribution in [3.8, 4) is 0 Å². The maximum absolute atomic E-state index is 12.5. The second-order valence-corrected chi connectivity index (χ2v) is 4.57. The van der Waals surface area contributed by atoms with E-state index in [0.29, 0.717) is 16.6 Å². The number of carbonyl (C=O) groups is 1. The van der Waals surface area contributed by atoms with Crippen molar-refractivity contribution >= 4 is 22.5 Å². The number of aryl methyl sites for hydroxylation is 1. The maximum Gasteiger partial charge on any atom is 0.335 e. The third kappa shape index (κ3) is 1.84. The summed E-state index contributed by atoms with van der Waals surface area (Å²) in [6.45, 7) is 2.00. The summed E-state index contributed by atoms with van der Waals surface area (Å²) < 4.78 is 1.47. The molecule has 2 aromatic heterocycles. The van der Waals surface area contributed by atoms with Crippen molar-refractivity contribution in [1.82, 2.24) is 9.38 Å². The fraction of sp³-hybridized carbons (Fsp3) is 0.133. The van der Waals surface area contributed by atoms with E-state index >= 15 is 0 Å². The molecule has 5 heteroatoms. The second-order valence-electron chi connectivity index (χ2n) is 4.57. The molecule has 1 aromatic carbocycles. The van der Waals surface area contributed by atoms with E-state index in [9.17, 15) is 9.59 Å². The molecule has 0 bridgehead atoms. The van der Waals surface area contributed by atoms with Crippen molar-refractivity contribution < 1.29 is 9.90 Å². The summed E-state index contributed by atoms with van der Waals surface area (Å²) in [6.07, 6.45) is 2.56. The quantitative estimate of drug-likeness (QED) is 0.722. The van der Waals surface area contributed by atoms with E-state index in [1.165, 1.54) is 16.5 Å². The molecule has 0 aliphatic carbocycles. The molecule has 20 heavy (non-hydrogen) atoms. The minimum Gasteiger partial charge on any atom is -0.478 e. The van der Waals surface area contributed by atoms with Crippen LogP contribution in [-0.4, -0.2) is 20.5 Å². The number of pyridine rings is 1. The lowest BCUT2D eigenvalue weighted by Crippen LogP contribution is -2.16. The third-order valence-corrected chi connectivity index (χ3v) is 3.32. The molecule has 0 spiro atoms. The van der Waals surface area contributed by atoms with Crippen LogP contribution in [0.4, 0.5) is 0 Å². The minimum atomic E-state index is -1.06. The van der Waals surface area contributed by atoms with E-state index in [-0.39, 0.29) is 11.1 Å². The van der Waals surface area contributed by atoms with E-state index in [1.807, 2.05) is 13.0 Å². The topological polar surface area (TPSA) is 71.7 Å². The van der Waals surface area contributed by atoms with E-state index in [2.05, 4.69) is 4.98 Å². The molecule has 0 unspecified atom stereocenters. The molecule has 0 radical (unpaired) electrons. The molecule has 100 valence electrons. The number of rotatable bonds is 2. The molecule has 0 atom stereocenters. The predicted octanol–water partition coefficient (Wildman–Crippen LogP) is 2.11. The first-order valence-corrected chi connectivity index (χ1v) is 6.28. The van der Waals surface area contributed by atoms with Gasteiger partial charge in [0.1, 0.15) is 5.65 Å². The Hall–Kier alpha value is -2.69. The van der Waals surface area contributed by atoms with Crippen molar-refractivity contribution in [2.75, 3.05) is 0 Å². The average molecular weight is 268 g/mol. The van der Waals surface area contributed by atoms with Gasteiger partial charge in [0, 0.05) is 6.20 Å². The lowest BCUT2D eigenvalue weighted by molar-refractivity contribution is 0.0697. The molecule has 3 aromatic rings. The molecular formula is C15H12N2O3. The van der Waals surface area contributed by atoms with Gasteiger partial charge in [0.2, 0.25) is 0 Å². The van der Waals surface area contributed by atoms with Gasteiger partial charge in [-0.15, -0.1) is 0 Å². The Labute approximate surface area is 114 Å². The van der Waals surface area contributed by atoms with Gasteiger partial charge in [-0.3, -0.25) is 9.20 Å². The summed E-state index contributed by atoms with van der Waals surface area (Å²) in [6, 6.07) is 8.12. The maximum atomic E-state index is 12.5. The van der Waals surface area contributed by atoms with Gasteiger partial charge in [0.25, 0.3) is 5.56 Å².